The third-order valence-electron chi connectivity index (χ3n) is 0.586. The van der Waals surface area contributed by atoms with Crippen LogP contribution in [0.3, 0.4) is 0 Å². The van der Waals surface area contributed by atoms with E-state index < -0.39 is 0 Å². The van der Waals surface area contributed by atoms with Gasteiger partial charge in [0, 0.05) is 0 Å². The molecule has 1 aliphatic carbocycles. The summed E-state index contributed by atoms with van der Waals surface area (Å²) in [7, 11) is 0. The van der Waals surface area contributed by atoms with Crippen molar-refractivity contribution in [2.45, 2.75) is 6.42 Å². The first kappa shape index (κ1) is 16.3. The van der Waals surface area contributed by atoms with Crippen LogP contribution >= 0.6 is 0 Å². The molecule has 0 heterocycles. The molecule has 48 valence electrons. The number of hydrogen-bond acceptors (Lipinski definition) is 0. The standard InChI is InChI=1S/C5H5.2HI.Os/c1-2-4-5-3-1;;;/h1-3H,4H2;2*1H;/q-1;;;+2/p-2. The fourth-order valence-corrected chi connectivity index (χ4v) is 0.340. The van der Waals surface area contributed by atoms with Gasteiger partial charge in [-0.05, 0) is 0 Å². The number of hydrogen-bond donors (Lipinski definition) is 0. The molecule has 0 amide bonds. The molecule has 0 bridgehead atoms. The van der Waals surface area contributed by atoms with Gasteiger partial charge < -0.3 is 48.0 Å². The number of halogens is 2. The Labute approximate surface area is 97.3 Å². The second-order valence-corrected chi connectivity index (χ2v) is 1.00. The molecule has 0 aliphatic heterocycles. The molecule has 8 heavy (non-hydrogen) atoms. The molecule has 1 aliphatic rings. The van der Waals surface area contributed by atoms with Gasteiger partial charge in [0.2, 0.25) is 0 Å². The fourth-order valence-electron chi connectivity index (χ4n) is 0.340. The van der Waals surface area contributed by atoms with Crippen molar-refractivity contribution in [2.75, 3.05) is 0 Å². The van der Waals surface area contributed by atoms with E-state index in [1.165, 1.54) is 0 Å². The Morgan fingerprint density at radius 2 is 1.88 bits per heavy atom. The second-order valence-electron chi connectivity index (χ2n) is 1.00. The van der Waals surface area contributed by atoms with Gasteiger partial charge in [0.15, 0.2) is 0 Å². The fraction of sp³-hybridized carbons (Fsp3) is 0.200. The van der Waals surface area contributed by atoms with Crippen molar-refractivity contribution in [3.63, 3.8) is 0 Å². The van der Waals surface area contributed by atoms with E-state index in [4.69, 9.17) is 0 Å². The average Bonchev–Trinajstić information content (AvgIpc) is 1.76. The topological polar surface area (TPSA) is 0 Å². The molecule has 1 rings (SSSR count). The molecule has 0 saturated carbocycles. The molecule has 0 radical (unpaired) electrons. The molecule has 0 N–H and O–H groups in total. The molecule has 0 nitrogen and oxygen atoms in total. The number of allylic oxidation sites excluding steroid dienone is 4. The minimum atomic E-state index is 0. The van der Waals surface area contributed by atoms with E-state index in [2.05, 4.69) is 12.2 Å². The largest absolute Gasteiger partial charge is 2.00 e. The quantitative estimate of drug-likeness (QED) is 0.228. The zero-order valence-electron chi connectivity index (χ0n) is 4.05. The Balaban J connectivity index is -0.0000000833. The first-order valence-electron chi connectivity index (χ1n) is 1.72. The first-order chi connectivity index (χ1) is 2.50. The van der Waals surface area contributed by atoms with Gasteiger partial charge in [0.25, 0.3) is 0 Å². The van der Waals surface area contributed by atoms with Crippen LogP contribution in [0.2, 0.25) is 0 Å². The van der Waals surface area contributed by atoms with E-state index in [9.17, 15) is 0 Å². The molecule has 0 spiro atoms. The molecule has 0 aromatic rings. The van der Waals surface area contributed by atoms with E-state index >= 15 is 0 Å². The molecular weight excluding hydrogens is 504 g/mol. The third-order valence-corrected chi connectivity index (χ3v) is 0.586. The summed E-state index contributed by atoms with van der Waals surface area (Å²) in [6, 6.07) is 0. The Morgan fingerprint density at radius 3 is 2.00 bits per heavy atom. The molecule has 0 aromatic carbocycles. The molecule has 0 aromatic heterocycles. The molecule has 3 heteroatoms. The second kappa shape index (κ2) is 11.4. The molecule has 0 saturated heterocycles. The molecule has 0 atom stereocenters. The van der Waals surface area contributed by atoms with Crippen LogP contribution in [0.4, 0.5) is 0 Å². The summed E-state index contributed by atoms with van der Waals surface area (Å²) < 4.78 is 0. The van der Waals surface area contributed by atoms with Crippen molar-refractivity contribution in [2.24, 2.45) is 0 Å². The van der Waals surface area contributed by atoms with E-state index in [1.54, 1.807) is 0 Å². The maximum atomic E-state index is 2.99. The number of rotatable bonds is 0. The SMILES string of the molecule is [C-]1=CC=CC1.[I-].[I-].[Os+2]. The Kier molecular flexibility index (Phi) is 23.2. The molecular formula is C5H5I2Os-. The van der Waals surface area contributed by atoms with Crippen LogP contribution in [0.5, 0.6) is 0 Å². The predicted octanol–water partition coefficient (Wildman–Crippen LogP) is -4.69. The molecule has 0 fully saturated rings. The van der Waals surface area contributed by atoms with Crippen LogP contribution in [-0.4, -0.2) is 0 Å². The summed E-state index contributed by atoms with van der Waals surface area (Å²) in [6.07, 6.45) is 10.0. The summed E-state index contributed by atoms with van der Waals surface area (Å²) in [5, 5.41) is 0. The Bertz CT molecular complexity index is 68.5. The third kappa shape index (κ3) is 7.58. The van der Waals surface area contributed by atoms with Crippen LogP contribution < -0.4 is 48.0 Å². The van der Waals surface area contributed by atoms with Gasteiger partial charge in [-0.15, -0.1) is 6.42 Å². The van der Waals surface area contributed by atoms with Crippen molar-refractivity contribution < 1.29 is 67.7 Å². The van der Waals surface area contributed by atoms with Crippen molar-refractivity contribution in [3.8, 4) is 0 Å². The van der Waals surface area contributed by atoms with Gasteiger partial charge in [-0.3, -0.25) is 6.08 Å². The Hall–Kier alpha value is 1.58. The van der Waals surface area contributed by atoms with Gasteiger partial charge in [0.1, 0.15) is 0 Å². The van der Waals surface area contributed by atoms with Crippen molar-refractivity contribution in [3.05, 3.63) is 24.3 Å². The molecule has 0 unspecified atom stereocenters. The summed E-state index contributed by atoms with van der Waals surface area (Å²) in [4.78, 5) is 0. The van der Waals surface area contributed by atoms with Gasteiger partial charge in [-0.25, -0.2) is 12.2 Å². The van der Waals surface area contributed by atoms with Gasteiger partial charge in [-0.2, -0.15) is 6.08 Å². The van der Waals surface area contributed by atoms with E-state index in [0.29, 0.717) is 0 Å². The minimum Gasteiger partial charge on any atom is -1.00 e. The summed E-state index contributed by atoms with van der Waals surface area (Å²) in [6.45, 7) is 0. The van der Waals surface area contributed by atoms with Crippen molar-refractivity contribution >= 4 is 0 Å². The normalized spacial score (nSPS) is 11.0. The van der Waals surface area contributed by atoms with Crippen LogP contribution in [0.25, 0.3) is 0 Å². The maximum absolute atomic E-state index is 2.99. The van der Waals surface area contributed by atoms with Gasteiger partial charge in [0.05, 0.1) is 0 Å². The van der Waals surface area contributed by atoms with Crippen LogP contribution in [0, 0.1) is 6.08 Å². The van der Waals surface area contributed by atoms with E-state index in [-0.39, 0.29) is 67.7 Å². The predicted molar refractivity (Wildman–Crippen MR) is 21.6 cm³/mol. The van der Waals surface area contributed by atoms with Crippen LogP contribution in [0.1, 0.15) is 6.42 Å². The minimum absolute atomic E-state index is 0. The zero-order valence-corrected chi connectivity index (χ0v) is 10.9. The zero-order chi connectivity index (χ0) is 3.54. The van der Waals surface area contributed by atoms with Gasteiger partial charge in [-0.1, -0.05) is 0 Å². The Morgan fingerprint density at radius 1 is 1.25 bits per heavy atom. The summed E-state index contributed by atoms with van der Waals surface area (Å²) in [5.41, 5.74) is 0. The van der Waals surface area contributed by atoms with Crippen LogP contribution in [0.15, 0.2) is 18.2 Å². The van der Waals surface area contributed by atoms with Crippen molar-refractivity contribution in [1.29, 1.82) is 0 Å². The monoisotopic (exact) mass is 511 g/mol. The van der Waals surface area contributed by atoms with Gasteiger partial charge >= 0.3 is 19.8 Å². The van der Waals surface area contributed by atoms with E-state index in [0.717, 1.165) is 6.42 Å². The average molecular weight is 509 g/mol. The van der Waals surface area contributed by atoms with E-state index in [1.807, 2.05) is 12.2 Å². The summed E-state index contributed by atoms with van der Waals surface area (Å²) >= 11 is 0. The van der Waals surface area contributed by atoms with Crippen molar-refractivity contribution in [1.82, 2.24) is 0 Å². The maximum Gasteiger partial charge on any atom is 2.00 e. The van der Waals surface area contributed by atoms with Crippen LogP contribution in [-0.2, 0) is 19.8 Å². The summed E-state index contributed by atoms with van der Waals surface area (Å²) in [5.74, 6) is 0. The smallest absolute Gasteiger partial charge is 1.00 e. The first-order valence-corrected chi connectivity index (χ1v) is 1.72.